The number of nitrogens with one attached hydrogen (secondary N) is 1. The molecule has 17 heavy (non-hydrogen) atoms. The first-order chi connectivity index (χ1) is 8.36. The Morgan fingerprint density at radius 1 is 1.35 bits per heavy atom. The molecule has 0 saturated heterocycles. The lowest BCUT2D eigenvalue weighted by atomic mass is 9.86. The molecule has 3 heteroatoms. The van der Waals surface area contributed by atoms with Gasteiger partial charge in [0.2, 0.25) is 0 Å². The van der Waals surface area contributed by atoms with E-state index in [9.17, 15) is 0 Å². The molecule has 2 aromatic rings. The largest absolute Gasteiger partial charge is 0.388 e. The van der Waals surface area contributed by atoms with Gasteiger partial charge in [0.05, 0.1) is 10.7 Å². The lowest BCUT2D eigenvalue weighted by molar-refractivity contribution is 0.418. The van der Waals surface area contributed by atoms with E-state index in [0.29, 0.717) is 0 Å². The molecule has 0 aliphatic heterocycles. The molecule has 1 aromatic heterocycles. The van der Waals surface area contributed by atoms with Gasteiger partial charge in [0.1, 0.15) is 0 Å². The van der Waals surface area contributed by atoms with Crippen LogP contribution in [0.15, 0.2) is 29.6 Å². The zero-order valence-corrected chi connectivity index (χ0v) is 10.8. The zero-order chi connectivity index (χ0) is 11.7. The van der Waals surface area contributed by atoms with Crippen LogP contribution in [-0.4, -0.2) is 12.0 Å². The maximum absolute atomic E-state index is 4.77. The highest BCUT2D eigenvalue weighted by molar-refractivity contribution is 7.10. The van der Waals surface area contributed by atoms with Crippen molar-refractivity contribution in [3.05, 3.63) is 34.7 Å². The van der Waals surface area contributed by atoms with Gasteiger partial charge in [-0.15, -0.1) is 11.3 Å². The fourth-order valence-electron chi connectivity index (χ4n) is 2.10. The third-order valence-corrected chi connectivity index (χ3v) is 4.43. The van der Waals surface area contributed by atoms with E-state index in [1.165, 1.54) is 29.8 Å². The SMILES string of the molecule is CNc1cccc(-c2csc(C3CCC3)n2)c1. The number of thiazole rings is 1. The first-order valence-electron chi connectivity index (χ1n) is 6.10. The van der Waals surface area contributed by atoms with Crippen molar-refractivity contribution in [2.45, 2.75) is 25.2 Å². The second kappa shape index (κ2) is 4.49. The Morgan fingerprint density at radius 3 is 2.94 bits per heavy atom. The van der Waals surface area contributed by atoms with E-state index in [1.54, 1.807) is 0 Å². The minimum atomic E-state index is 0.737. The first-order valence-corrected chi connectivity index (χ1v) is 6.98. The summed E-state index contributed by atoms with van der Waals surface area (Å²) < 4.78 is 0. The van der Waals surface area contributed by atoms with E-state index >= 15 is 0 Å². The molecule has 0 atom stereocenters. The lowest BCUT2D eigenvalue weighted by Crippen LogP contribution is -2.07. The van der Waals surface area contributed by atoms with Gasteiger partial charge in [-0.3, -0.25) is 0 Å². The normalized spacial score (nSPS) is 15.6. The standard InChI is InChI=1S/C14H16N2S/c1-15-12-7-3-6-11(8-12)13-9-17-14(16-13)10-4-2-5-10/h3,6-10,15H,2,4-5H2,1H3. The Hall–Kier alpha value is -1.35. The van der Waals surface area contributed by atoms with Crippen molar-refractivity contribution in [2.75, 3.05) is 12.4 Å². The second-order valence-corrected chi connectivity index (χ2v) is 5.42. The van der Waals surface area contributed by atoms with E-state index in [2.05, 4.69) is 35.0 Å². The number of benzene rings is 1. The van der Waals surface area contributed by atoms with Crippen LogP contribution in [0.5, 0.6) is 0 Å². The summed E-state index contributed by atoms with van der Waals surface area (Å²) in [5.41, 5.74) is 3.47. The van der Waals surface area contributed by atoms with Crippen molar-refractivity contribution < 1.29 is 0 Å². The minimum Gasteiger partial charge on any atom is -0.388 e. The van der Waals surface area contributed by atoms with Crippen molar-refractivity contribution in [3.63, 3.8) is 0 Å². The Labute approximate surface area is 106 Å². The average Bonchev–Trinajstić information content (AvgIpc) is 2.76. The van der Waals surface area contributed by atoms with Gasteiger partial charge in [0.15, 0.2) is 0 Å². The molecule has 1 aromatic carbocycles. The number of hydrogen-bond donors (Lipinski definition) is 1. The number of aromatic nitrogens is 1. The summed E-state index contributed by atoms with van der Waals surface area (Å²) in [7, 11) is 1.94. The summed E-state index contributed by atoms with van der Waals surface area (Å²) >= 11 is 1.81. The number of nitrogens with zero attached hydrogens (tertiary/aromatic N) is 1. The highest BCUT2D eigenvalue weighted by Gasteiger charge is 2.22. The number of anilines is 1. The molecule has 1 aliphatic rings. The van der Waals surface area contributed by atoms with E-state index in [1.807, 2.05) is 18.4 Å². The Morgan fingerprint density at radius 2 is 2.24 bits per heavy atom. The van der Waals surface area contributed by atoms with Crippen molar-refractivity contribution in [1.82, 2.24) is 4.98 Å². The molecular weight excluding hydrogens is 228 g/mol. The van der Waals surface area contributed by atoms with E-state index in [4.69, 9.17) is 4.98 Å². The zero-order valence-electron chi connectivity index (χ0n) is 9.94. The highest BCUT2D eigenvalue weighted by atomic mass is 32.1. The van der Waals surface area contributed by atoms with Crippen molar-refractivity contribution >= 4 is 17.0 Å². The molecule has 0 spiro atoms. The van der Waals surface area contributed by atoms with E-state index < -0.39 is 0 Å². The molecule has 0 bridgehead atoms. The molecule has 2 nitrogen and oxygen atoms in total. The van der Waals surface area contributed by atoms with Crippen LogP contribution in [0.4, 0.5) is 5.69 Å². The maximum Gasteiger partial charge on any atom is 0.0963 e. The number of hydrogen-bond acceptors (Lipinski definition) is 3. The quantitative estimate of drug-likeness (QED) is 0.878. The predicted octanol–water partition coefficient (Wildman–Crippen LogP) is 4.12. The monoisotopic (exact) mass is 244 g/mol. The molecule has 1 aliphatic carbocycles. The number of rotatable bonds is 3. The van der Waals surface area contributed by atoms with Crippen LogP contribution in [0.25, 0.3) is 11.3 Å². The Bertz CT molecular complexity index is 514. The lowest BCUT2D eigenvalue weighted by Gasteiger charge is -2.22. The summed E-state index contributed by atoms with van der Waals surface area (Å²) in [5.74, 6) is 0.737. The predicted molar refractivity (Wildman–Crippen MR) is 73.7 cm³/mol. The summed E-state index contributed by atoms with van der Waals surface area (Å²) in [6.45, 7) is 0. The van der Waals surface area contributed by atoms with Crippen LogP contribution in [0, 0.1) is 0 Å². The van der Waals surface area contributed by atoms with Gasteiger partial charge in [-0.05, 0) is 25.0 Å². The molecule has 1 heterocycles. The molecule has 3 rings (SSSR count). The average molecular weight is 244 g/mol. The molecule has 1 N–H and O–H groups in total. The first kappa shape index (κ1) is 10.8. The Balaban J connectivity index is 1.89. The Kier molecular flexibility index (Phi) is 2.85. The third-order valence-electron chi connectivity index (χ3n) is 3.42. The summed E-state index contributed by atoms with van der Waals surface area (Å²) in [6, 6.07) is 8.42. The van der Waals surface area contributed by atoms with Crippen LogP contribution in [0.1, 0.15) is 30.2 Å². The maximum atomic E-state index is 4.77. The van der Waals surface area contributed by atoms with Gasteiger partial charge < -0.3 is 5.32 Å². The summed E-state index contributed by atoms with van der Waals surface area (Å²) in [4.78, 5) is 4.77. The van der Waals surface area contributed by atoms with E-state index in [0.717, 1.165) is 17.3 Å². The van der Waals surface area contributed by atoms with Gasteiger partial charge in [-0.2, -0.15) is 0 Å². The van der Waals surface area contributed by atoms with Crippen molar-refractivity contribution in [1.29, 1.82) is 0 Å². The molecular formula is C14H16N2S. The van der Waals surface area contributed by atoms with Gasteiger partial charge in [-0.1, -0.05) is 18.6 Å². The molecule has 0 radical (unpaired) electrons. The van der Waals surface area contributed by atoms with Crippen molar-refractivity contribution in [3.8, 4) is 11.3 Å². The smallest absolute Gasteiger partial charge is 0.0963 e. The fourth-order valence-corrected chi connectivity index (χ4v) is 3.10. The summed E-state index contributed by atoms with van der Waals surface area (Å²) in [6.07, 6.45) is 4.02. The van der Waals surface area contributed by atoms with Gasteiger partial charge >= 0.3 is 0 Å². The van der Waals surface area contributed by atoms with Crippen LogP contribution < -0.4 is 5.32 Å². The van der Waals surface area contributed by atoms with Gasteiger partial charge in [0.25, 0.3) is 0 Å². The fraction of sp³-hybridized carbons (Fsp3) is 0.357. The van der Waals surface area contributed by atoms with Crippen LogP contribution >= 0.6 is 11.3 Å². The molecule has 0 amide bonds. The second-order valence-electron chi connectivity index (χ2n) is 4.53. The van der Waals surface area contributed by atoms with E-state index in [-0.39, 0.29) is 0 Å². The molecule has 0 unspecified atom stereocenters. The highest BCUT2D eigenvalue weighted by Crippen LogP contribution is 2.39. The molecule has 1 saturated carbocycles. The van der Waals surface area contributed by atoms with Gasteiger partial charge in [-0.25, -0.2) is 4.98 Å². The van der Waals surface area contributed by atoms with Crippen LogP contribution in [0.2, 0.25) is 0 Å². The van der Waals surface area contributed by atoms with Crippen molar-refractivity contribution in [2.24, 2.45) is 0 Å². The molecule has 88 valence electrons. The third kappa shape index (κ3) is 2.07. The minimum absolute atomic E-state index is 0.737. The topological polar surface area (TPSA) is 24.9 Å². The van der Waals surface area contributed by atoms with Gasteiger partial charge in [0, 0.05) is 29.6 Å². The summed E-state index contributed by atoms with van der Waals surface area (Å²) in [5, 5.41) is 6.67. The van der Waals surface area contributed by atoms with Crippen LogP contribution in [0.3, 0.4) is 0 Å². The molecule has 1 fully saturated rings. The van der Waals surface area contributed by atoms with Crippen LogP contribution in [-0.2, 0) is 0 Å².